The second-order valence-electron chi connectivity index (χ2n) is 2.07. The third kappa shape index (κ3) is 2.49. The molecular weight excluding hydrogens is 155 g/mol. The van der Waals surface area contributed by atoms with Gasteiger partial charge in [0, 0.05) is 0 Å². The molecule has 0 amide bonds. The Balaban J connectivity index is 0.000000371. The summed E-state index contributed by atoms with van der Waals surface area (Å²) < 4.78 is 55.7. The van der Waals surface area contributed by atoms with Gasteiger partial charge in [0.25, 0.3) is 11.8 Å². The van der Waals surface area contributed by atoms with Gasteiger partial charge in [0.15, 0.2) is 0 Å². The van der Waals surface area contributed by atoms with Gasteiger partial charge in [-0.25, -0.2) is 17.6 Å². The van der Waals surface area contributed by atoms with Crippen LogP contribution in [0.4, 0.5) is 22.0 Å². The molecule has 0 atom stereocenters. The number of halogens is 5. The normalized spacial score (nSPS) is 25.8. The van der Waals surface area contributed by atoms with Crippen molar-refractivity contribution in [2.24, 2.45) is 0 Å². The summed E-state index contributed by atoms with van der Waals surface area (Å²) in [5.74, 6) is -6.19. The molecule has 62 valence electrons. The second kappa shape index (κ2) is 2.72. The standard InChI is InChI=1S/C4H4F4.CH3F/c5-3(6)1-4(7,8)2-3;1-2/h1-2H2;1H3. The molecule has 0 spiro atoms. The summed E-state index contributed by atoms with van der Waals surface area (Å²) >= 11 is 0. The lowest BCUT2D eigenvalue weighted by Gasteiger charge is -2.34. The maximum atomic E-state index is 11.6. The van der Waals surface area contributed by atoms with Crippen LogP contribution in [0, 0.1) is 0 Å². The fourth-order valence-corrected chi connectivity index (χ4v) is 0.705. The molecule has 1 fully saturated rings. The van der Waals surface area contributed by atoms with Crippen molar-refractivity contribution < 1.29 is 22.0 Å². The number of hydrogen-bond acceptors (Lipinski definition) is 0. The highest BCUT2D eigenvalue weighted by molar-refractivity contribution is 4.92. The monoisotopic (exact) mass is 162 g/mol. The van der Waals surface area contributed by atoms with Crippen LogP contribution in [0.2, 0.25) is 0 Å². The molecule has 0 heterocycles. The zero-order valence-corrected chi connectivity index (χ0v) is 5.30. The van der Waals surface area contributed by atoms with Gasteiger partial charge in [-0.15, -0.1) is 0 Å². The second-order valence-corrected chi connectivity index (χ2v) is 2.07. The Labute approximate surface area is 55.0 Å². The summed E-state index contributed by atoms with van der Waals surface area (Å²) in [5, 5.41) is 0. The Morgan fingerprint density at radius 1 is 0.800 bits per heavy atom. The molecule has 1 aliphatic rings. The molecular formula is C5H7F5. The van der Waals surface area contributed by atoms with Crippen LogP contribution in [0.1, 0.15) is 12.8 Å². The van der Waals surface area contributed by atoms with E-state index in [-0.39, 0.29) is 0 Å². The maximum absolute atomic E-state index is 11.6. The van der Waals surface area contributed by atoms with Gasteiger partial charge < -0.3 is 0 Å². The first-order valence-electron chi connectivity index (χ1n) is 2.55. The van der Waals surface area contributed by atoms with E-state index in [9.17, 15) is 22.0 Å². The van der Waals surface area contributed by atoms with E-state index < -0.39 is 24.7 Å². The molecule has 0 radical (unpaired) electrons. The van der Waals surface area contributed by atoms with Crippen molar-refractivity contribution >= 4 is 0 Å². The zero-order chi connectivity index (χ0) is 8.41. The summed E-state index contributed by atoms with van der Waals surface area (Å²) in [6.07, 6.45) is -2.53. The molecule has 0 aromatic carbocycles. The van der Waals surface area contributed by atoms with E-state index in [0.29, 0.717) is 7.18 Å². The van der Waals surface area contributed by atoms with Crippen molar-refractivity contribution in [1.82, 2.24) is 0 Å². The largest absolute Gasteiger partial charge is 0.259 e. The van der Waals surface area contributed by atoms with Crippen LogP contribution in [0.5, 0.6) is 0 Å². The van der Waals surface area contributed by atoms with Crippen LogP contribution in [-0.4, -0.2) is 19.0 Å². The fraction of sp³-hybridized carbons (Fsp3) is 1.00. The zero-order valence-electron chi connectivity index (χ0n) is 5.30. The summed E-state index contributed by atoms with van der Waals surface area (Å²) in [4.78, 5) is 0. The molecule has 10 heavy (non-hydrogen) atoms. The molecule has 0 nitrogen and oxygen atoms in total. The first kappa shape index (κ1) is 9.65. The molecule has 1 aliphatic carbocycles. The minimum atomic E-state index is -3.09. The van der Waals surface area contributed by atoms with E-state index in [2.05, 4.69) is 0 Å². The van der Waals surface area contributed by atoms with Crippen LogP contribution in [0.15, 0.2) is 0 Å². The molecule has 0 saturated heterocycles. The fourth-order valence-electron chi connectivity index (χ4n) is 0.705. The molecule has 0 N–H and O–H groups in total. The Kier molecular flexibility index (Phi) is 2.62. The average Bonchev–Trinajstić information content (AvgIpc) is 1.63. The molecule has 1 saturated carbocycles. The van der Waals surface area contributed by atoms with E-state index >= 15 is 0 Å². The molecule has 5 heteroatoms. The van der Waals surface area contributed by atoms with E-state index in [4.69, 9.17) is 0 Å². The van der Waals surface area contributed by atoms with Crippen molar-refractivity contribution in [2.75, 3.05) is 7.18 Å². The number of hydrogen-bond donors (Lipinski definition) is 0. The molecule has 0 unspecified atom stereocenters. The Morgan fingerprint density at radius 2 is 1.00 bits per heavy atom. The molecule has 1 rings (SSSR count). The van der Waals surface area contributed by atoms with Gasteiger partial charge in [0.1, 0.15) is 0 Å². The third-order valence-corrected chi connectivity index (χ3v) is 1.03. The van der Waals surface area contributed by atoms with Crippen molar-refractivity contribution in [1.29, 1.82) is 0 Å². The average molecular weight is 162 g/mol. The highest BCUT2D eigenvalue weighted by Gasteiger charge is 2.58. The van der Waals surface area contributed by atoms with Gasteiger partial charge in [-0.1, -0.05) is 0 Å². The first-order chi connectivity index (χ1) is 4.41. The van der Waals surface area contributed by atoms with Gasteiger partial charge in [0.2, 0.25) is 0 Å². The summed E-state index contributed by atoms with van der Waals surface area (Å²) in [6.45, 7) is 0. The molecule has 0 aromatic rings. The Morgan fingerprint density at radius 3 is 1.00 bits per heavy atom. The first-order valence-corrected chi connectivity index (χ1v) is 2.55. The van der Waals surface area contributed by atoms with Crippen molar-refractivity contribution in [3.8, 4) is 0 Å². The van der Waals surface area contributed by atoms with E-state index in [1.165, 1.54) is 0 Å². The van der Waals surface area contributed by atoms with E-state index in [1.54, 1.807) is 0 Å². The SMILES string of the molecule is CF.FC1(F)CC(F)(F)C1. The highest BCUT2D eigenvalue weighted by Crippen LogP contribution is 2.48. The quantitative estimate of drug-likeness (QED) is 0.480. The van der Waals surface area contributed by atoms with Gasteiger partial charge >= 0.3 is 0 Å². The van der Waals surface area contributed by atoms with Gasteiger partial charge in [-0.3, -0.25) is 4.39 Å². The summed E-state index contributed by atoms with van der Waals surface area (Å²) in [7, 11) is 0.500. The Hall–Kier alpha value is -0.350. The van der Waals surface area contributed by atoms with E-state index in [1.807, 2.05) is 0 Å². The van der Waals surface area contributed by atoms with Gasteiger partial charge in [-0.05, 0) is 0 Å². The van der Waals surface area contributed by atoms with Gasteiger partial charge in [-0.2, -0.15) is 0 Å². The predicted octanol–water partition coefficient (Wildman–Crippen LogP) is 2.64. The van der Waals surface area contributed by atoms with Crippen molar-refractivity contribution in [3.63, 3.8) is 0 Å². The number of rotatable bonds is 0. The van der Waals surface area contributed by atoms with Crippen molar-refractivity contribution in [3.05, 3.63) is 0 Å². The summed E-state index contributed by atoms with van der Waals surface area (Å²) in [5.41, 5.74) is 0. The maximum Gasteiger partial charge on any atom is 0.259 e. The van der Waals surface area contributed by atoms with Crippen LogP contribution in [0.25, 0.3) is 0 Å². The molecule has 0 aromatic heterocycles. The molecule has 0 aliphatic heterocycles. The summed E-state index contributed by atoms with van der Waals surface area (Å²) in [6, 6.07) is 0. The smallest absolute Gasteiger partial charge is 0.255 e. The topological polar surface area (TPSA) is 0 Å². The van der Waals surface area contributed by atoms with E-state index in [0.717, 1.165) is 0 Å². The highest BCUT2D eigenvalue weighted by atomic mass is 19.3. The third-order valence-electron chi connectivity index (χ3n) is 1.03. The van der Waals surface area contributed by atoms with Crippen LogP contribution < -0.4 is 0 Å². The van der Waals surface area contributed by atoms with Crippen molar-refractivity contribution in [2.45, 2.75) is 24.7 Å². The lowest BCUT2D eigenvalue weighted by atomic mass is 9.90. The number of alkyl halides is 5. The van der Waals surface area contributed by atoms with Gasteiger partial charge in [0.05, 0.1) is 20.0 Å². The Bertz CT molecular complexity index is 86.6. The minimum Gasteiger partial charge on any atom is -0.255 e. The van der Waals surface area contributed by atoms with Crippen LogP contribution in [0.3, 0.4) is 0 Å². The van der Waals surface area contributed by atoms with Crippen LogP contribution >= 0.6 is 0 Å². The molecule has 0 bridgehead atoms. The lowest BCUT2D eigenvalue weighted by Crippen LogP contribution is -2.44. The predicted molar refractivity (Wildman–Crippen MR) is 26.2 cm³/mol. The lowest BCUT2D eigenvalue weighted by molar-refractivity contribution is -0.227. The minimum absolute atomic E-state index is 0.500. The van der Waals surface area contributed by atoms with Crippen LogP contribution in [-0.2, 0) is 0 Å².